The monoisotopic (exact) mass is 531 g/mol. The lowest BCUT2D eigenvalue weighted by molar-refractivity contribution is -0.140. The van der Waals surface area contributed by atoms with Gasteiger partial charge in [0.15, 0.2) is 0 Å². The van der Waals surface area contributed by atoms with Gasteiger partial charge in [-0.25, -0.2) is 0 Å². The molecule has 6 rings (SSSR count). The predicted octanol–water partition coefficient (Wildman–Crippen LogP) is 6.21. The Labute approximate surface area is 233 Å². The van der Waals surface area contributed by atoms with E-state index < -0.39 is 17.7 Å². The Morgan fingerprint density at radius 2 is 1.57 bits per heavy atom. The molecule has 4 aromatic carbocycles. The van der Waals surface area contributed by atoms with Crippen LogP contribution in [0, 0.1) is 0 Å². The topological polar surface area (TPSA) is 76.1 Å². The lowest BCUT2D eigenvalue weighted by atomic mass is 9.94. The normalized spacial score (nSPS) is 19.4. The van der Waals surface area contributed by atoms with Crippen molar-refractivity contribution in [3.8, 4) is 11.5 Å². The van der Waals surface area contributed by atoms with Crippen LogP contribution < -0.4 is 9.47 Å². The highest BCUT2D eigenvalue weighted by Gasteiger charge is 2.46. The number of hydrogen-bond acceptors (Lipinski definition) is 5. The van der Waals surface area contributed by atoms with Gasteiger partial charge in [0.1, 0.15) is 30.0 Å². The molecule has 40 heavy (non-hydrogen) atoms. The SMILES string of the molecule is C[C@H]1Cc2cc(C(O)=C3C(=O)C(=O)N(Cc4ccccc4)[C@H]3c3ccc(OCc4ccccc4)cc3)ccc2O1. The summed E-state index contributed by atoms with van der Waals surface area (Å²) in [6, 6.07) is 31.4. The van der Waals surface area contributed by atoms with Crippen LogP contribution in [0.4, 0.5) is 0 Å². The molecule has 1 fully saturated rings. The van der Waals surface area contributed by atoms with Gasteiger partial charge in [-0.2, -0.15) is 0 Å². The maximum atomic E-state index is 13.5. The number of Topliss-reactive ketones (excluding diaryl/α,β-unsaturated/α-hetero) is 1. The van der Waals surface area contributed by atoms with E-state index in [0.29, 0.717) is 29.9 Å². The molecule has 2 heterocycles. The molecule has 0 aromatic heterocycles. The molecule has 2 atom stereocenters. The van der Waals surface area contributed by atoms with Crippen LogP contribution in [0.5, 0.6) is 11.5 Å². The van der Waals surface area contributed by atoms with E-state index in [0.717, 1.165) is 22.4 Å². The van der Waals surface area contributed by atoms with Crippen LogP contribution in [0.15, 0.2) is 109 Å². The van der Waals surface area contributed by atoms with E-state index in [4.69, 9.17) is 9.47 Å². The summed E-state index contributed by atoms with van der Waals surface area (Å²) in [7, 11) is 0. The molecule has 1 N–H and O–H groups in total. The number of benzene rings is 4. The summed E-state index contributed by atoms with van der Waals surface area (Å²) in [5.74, 6) is -0.0897. The summed E-state index contributed by atoms with van der Waals surface area (Å²) in [4.78, 5) is 28.4. The van der Waals surface area contributed by atoms with Crippen LogP contribution in [0.1, 0.15) is 40.8 Å². The Morgan fingerprint density at radius 3 is 2.27 bits per heavy atom. The fraction of sp³-hybridized carbons (Fsp3) is 0.176. The number of aliphatic hydroxyl groups is 1. The number of rotatable bonds is 7. The number of nitrogens with zero attached hydrogens (tertiary/aromatic N) is 1. The molecule has 1 saturated heterocycles. The summed E-state index contributed by atoms with van der Waals surface area (Å²) in [6.45, 7) is 2.64. The van der Waals surface area contributed by atoms with Gasteiger partial charge in [0, 0.05) is 18.5 Å². The van der Waals surface area contributed by atoms with E-state index in [-0.39, 0.29) is 24.0 Å². The number of fused-ring (bicyclic) bond motifs is 1. The zero-order valence-corrected chi connectivity index (χ0v) is 22.1. The molecule has 4 aromatic rings. The largest absolute Gasteiger partial charge is 0.507 e. The Kier molecular flexibility index (Phi) is 6.83. The van der Waals surface area contributed by atoms with Crippen molar-refractivity contribution in [2.75, 3.05) is 0 Å². The quantitative estimate of drug-likeness (QED) is 0.174. The number of hydrogen-bond donors (Lipinski definition) is 1. The van der Waals surface area contributed by atoms with E-state index in [1.807, 2.05) is 104 Å². The van der Waals surface area contributed by atoms with Crippen LogP contribution in [-0.2, 0) is 29.2 Å². The first-order chi connectivity index (χ1) is 19.5. The van der Waals surface area contributed by atoms with Crippen molar-refractivity contribution in [3.05, 3.63) is 137 Å². The van der Waals surface area contributed by atoms with Gasteiger partial charge in [-0.1, -0.05) is 72.8 Å². The first kappa shape index (κ1) is 25.4. The van der Waals surface area contributed by atoms with E-state index in [2.05, 4.69) is 0 Å². The van der Waals surface area contributed by atoms with Crippen LogP contribution in [0.25, 0.3) is 5.76 Å². The second-order valence-electron chi connectivity index (χ2n) is 10.2. The van der Waals surface area contributed by atoms with Crippen molar-refractivity contribution >= 4 is 17.4 Å². The van der Waals surface area contributed by atoms with Gasteiger partial charge in [-0.3, -0.25) is 9.59 Å². The maximum absolute atomic E-state index is 13.5. The number of amides is 1. The lowest BCUT2D eigenvalue weighted by Crippen LogP contribution is -2.29. The molecule has 0 bridgehead atoms. The van der Waals surface area contributed by atoms with Crippen molar-refractivity contribution in [2.24, 2.45) is 0 Å². The molecular weight excluding hydrogens is 502 g/mol. The number of likely N-dealkylation sites (tertiary alicyclic amines) is 1. The highest BCUT2D eigenvalue weighted by Crippen LogP contribution is 2.41. The molecule has 2 aliphatic heterocycles. The summed E-state index contributed by atoms with van der Waals surface area (Å²) in [5, 5.41) is 11.5. The van der Waals surface area contributed by atoms with Gasteiger partial charge in [0.25, 0.3) is 11.7 Å². The molecule has 1 amide bonds. The van der Waals surface area contributed by atoms with E-state index in [1.165, 1.54) is 4.90 Å². The highest BCUT2D eigenvalue weighted by atomic mass is 16.5. The van der Waals surface area contributed by atoms with Crippen molar-refractivity contribution in [2.45, 2.75) is 38.6 Å². The Balaban J connectivity index is 1.37. The number of carbonyl (C=O) groups excluding carboxylic acids is 2. The van der Waals surface area contributed by atoms with E-state index in [9.17, 15) is 14.7 Å². The molecule has 200 valence electrons. The van der Waals surface area contributed by atoms with Crippen molar-refractivity contribution in [3.63, 3.8) is 0 Å². The van der Waals surface area contributed by atoms with Crippen LogP contribution >= 0.6 is 0 Å². The van der Waals surface area contributed by atoms with Gasteiger partial charge in [0.05, 0.1) is 11.6 Å². The third kappa shape index (κ3) is 4.96. The fourth-order valence-corrected chi connectivity index (χ4v) is 5.38. The van der Waals surface area contributed by atoms with Gasteiger partial charge < -0.3 is 19.5 Å². The zero-order chi connectivity index (χ0) is 27.6. The standard InChI is InChI=1S/C34H29NO5/c1-22-18-27-19-26(14-17-29(27)40-22)32(36)30-31(35(34(38)33(30)37)20-23-8-4-2-5-9-23)25-12-15-28(16-13-25)39-21-24-10-6-3-7-11-24/h2-17,19,22,31,36H,18,20-21H2,1H3/t22-,31-/m0/s1. The van der Waals surface area contributed by atoms with Crippen molar-refractivity contribution < 1.29 is 24.2 Å². The molecule has 0 saturated carbocycles. The minimum atomic E-state index is -0.758. The second kappa shape index (κ2) is 10.7. The van der Waals surface area contributed by atoms with Crippen LogP contribution in [0.2, 0.25) is 0 Å². The first-order valence-corrected chi connectivity index (χ1v) is 13.4. The first-order valence-electron chi connectivity index (χ1n) is 13.4. The third-order valence-corrected chi connectivity index (χ3v) is 7.35. The number of aliphatic hydroxyl groups excluding tert-OH is 1. The second-order valence-corrected chi connectivity index (χ2v) is 10.2. The summed E-state index contributed by atoms with van der Waals surface area (Å²) >= 11 is 0. The number of ketones is 1. The summed E-state index contributed by atoms with van der Waals surface area (Å²) in [5.41, 5.74) is 4.18. The van der Waals surface area contributed by atoms with Crippen molar-refractivity contribution in [1.82, 2.24) is 4.90 Å². The highest BCUT2D eigenvalue weighted by molar-refractivity contribution is 6.46. The van der Waals surface area contributed by atoms with E-state index >= 15 is 0 Å². The molecule has 6 nitrogen and oxygen atoms in total. The molecule has 0 spiro atoms. The predicted molar refractivity (Wildman–Crippen MR) is 152 cm³/mol. The summed E-state index contributed by atoms with van der Waals surface area (Å²) in [6.07, 6.45) is 0.763. The average molecular weight is 532 g/mol. The Bertz CT molecular complexity index is 1580. The Hall–Kier alpha value is -4.84. The van der Waals surface area contributed by atoms with E-state index in [1.54, 1.807) is 6.07 Å². The van der Waals surface area contributed by atoms with Gasteiger partial charge in [0.2, 0.25) is 0 Å². The van der Waals surface area contributed by atoms with Gasteiger partial charge in [-0.05, 0) is 59.5 Å². The average Bonchev–Trinajstić information content (AvgIpc) is 3.48. The molecule has 0 aliphatic carbocycles. The molecule has 2 aliphatic rings. The lowest BCUT2D eigenvalue weighted by Gasteiger charge is -2.25. The van der Waals surface area contributed by atoms with Crippen LogP contribution in [0.3, 0.4) is 0 Å². The van der Waals surface area contributed by atoms with Gasteiger partial charge in [-0.15, -0.1) is 0 Å². The van der Waals surface area contributed by atoms with Crippen LogP contribution in [-0.4, -0.2) is 27.8 Å². The minimum Gasteiger partial charge on any atom is -0.507 e. The number of carbonyl (C=O) groups is 2. The molecule has 6 heteroatoms. The molecule has 0 radical (unpaired) electrons. The van der Waals surface area contributed by atoms with Crippen molar-refractivity contribution in [1.29, 1.82) is 0 Å². The maximum Gasteiger partial charge on any atom is 0.295 e. The fourth-order valence-electron chi connectivity index (χ4n) is 5.38. The molecule has 0 unspecified atom stereocenters. The zero-order valence-electron chi connectivity index (χ0n) is 22.1. The third-order valence-electron chi connectivity index (χ3n) is 7.35. The smallest absolute Gasteiger partial charge is 0.295 e. The summed E-state index contributed by atoms with van der Waals surface area (Å²) < 4.78 is 11.7. The molecular formula is C34H29NO5. The minimum absolute atomic E-state index is 0.0477. The number of ether oxygens (including phenoxy) is 2. The Morgan fingerprint density at radius 1 is 0.900 bits per heavy atom. The van der Waals surface area contributed by atoms with Gasteiger partial charge >= 0.3 is 0 Å².